The summed E-state index contributed by atoms with van der Waals surface area (Å²) >= 11 is 1.69. The van der Waals surface area contributed by atoms with Crippen LogP contribution in [0.15, 0.2) is 24.1 Å². The van der Waals surface area contributed by atoms with Gasteiger partial charge in [0.25, 0.3) is 0 Å². The van der Waals surface area contributed by atoms with E-state index in [9.17, 15) is 0 Å². The maximum absolute atomic E-state index is 4.41. The van der Waals surface area contributed by atoms with E-state index in [0.717, 1.165) is 25.9 Å². The highest BCUT2D eigenvalue weighted by Crippen LogP contribution is 2.24. The molecule has 18 heavy (non-hydrogen) atoms. The molecule has 1 atom stereocenters. The summed E-state index contributed by atoms with van der Waals surface area (Å²) in [6.07, 6.45) is 8.27. The Morgan fingerprint density at radius 2 is 2.22 bits per heavy atom. The lowest BCUT2D eigenvalue weighted by Crippen LogP contribution is -2.22. The van der Waals surface area contributed by atoms with Gasteiger partial charge in [-0.3, -0.25) is 9.67 Å². The molecule has 0 bridgehead atoms. The van der Waals surface area contributed by atoms with Crippen LogP contribution in [0.25, 0.3) is 0 Å². The number of hydrogen-bond donors (Lipinski definition) is 1. The summed E-state index contributed by atoms with van der Waals surface area (Å²) in [5.74, 6) is 0. The first-order valence-corrected chi connectivity index (χ1v) is 7.37. The van der Waals surface area contributed by atoms with Crippen LogP contribution in [0.5, 0.6) is 0 Å². The Hall–Kier alpha value is -1.20. The standard InChI is InChI=1S/C13H20N4S/c1-3-5-15-13(12-8-14-10-18-12)11-7-16-17(9-11)6-4-2/h7-10,13,15H,3-6H2,1-2H3. The third-order valence-corrected chi connectivity index (χ3v) is 3.61. The molecule has 0 aliphatic heterocycles. The van der Waals surface area contributed by atoms with Crippen LogP contribution in [0.4, 0.5) is 0 Å². The summed E-state index contributed by atoms with van der Waals surface area (Å²) in [6, 6.07) is 0.225. The first kappa shape index (κ1) is 13.2. The van der Waals surface area contributed by atoms with Crippen LogP contribution in [0.2, 0.25) is 0 Å². The van der Waals surface area contributed by atoms with Gasteiger partial charge in [0.2, 0.25) is 0 Å². The Labute approximate surface area is 112 Å². The molecule has 1 N–H and O–H groups in total. The second kappa shape index (κ2) is 6.66. The molecule has 1 unspecified atom stereocenters. The number of nitrogens with zero attached hydrogens (tertiary/aromatic N) is 3. The van der Waals surface area contributed by atoms with Crippen molar-refractivity contribution in [2.45, 2.75) is 39.3 Å². The molecule has 4 nitrogen and oxygen atoms in total. The highest BCUT2D eigenvalue weighted by molar-refractivity contribution is 7.09. The van der Waals surface area contributed by atoms with Crippen molar-refractivity contribution in [3.05, 3.63) is 34.5 Å². The quantitative estimate of drug-likeness (QED) is 0.836. The van der Waals surface area contributed by atoms with Crippen molar-refractivity contribution in [1.82, 2.24) is 20.1 Å². The van der Waals surface area contributed by atoms with Gasteiger partial charge in [0.15, 0.2) is 0 Å². The van der Waals surface area contributed by atoms with Gasteiger partial charge in [-0.15, -0.1) is 11.3 Å². The van der Waals surface area contributed by atoms with E-state index in [1.165, 1.54) is 10.4 Å². The van der Waals surface area contributed by atoms with Crippen molar-refractivity contribution in [3.63, 3.8) is 0 Å². The maximum atomic E-state index is 4.41. The monoisotopic (exact) mass is 264 g/mol. The normalized spacial score (nSPS) is 12.8. The topological polar surface area (TPSA) is 42.7 Å². The molecule has 0 saturated heterocycles. The lowest BCUT2D eigenvalue weighted by atomic mass is 10.1. The molecular formula is C13H20N4S. The van der Waals surface area contributed by atoms with Gasteiger partial charge >= 0.3 is 0 Å². The highest BCUT2D eigenvalue weighted by atomic mass is 32.1. The molecule has 98 valence electrons. The fourth-order valence-corrected chi connectivity index (χ4v) is 2.64. The molecule has 2 heterocycles. The summed E-state index contributed by atoms with van der Waals surface area (Å²) in [6.45, 7) is 6.32. The van der Waals surface area contributed by atoms with E-state index in [2.05, 4.69) is 35.4 Å². The van der Waals surface area contributed by atoms with Crippen LogP contribution < -0.4 is 5.32 Å². The number of thiazole rings is 1. The Bertz CT molecular complexity index is 449. The van der Waals surface area contributed by atoms with Crippen LogP contribution in [-0.4, -0.2) is 21.3 Å². The molecule has 0 radical (unpaired) electrons. The SMILES string of the molecule is CCCNC(c1cnn(CCC)c1)c1cncs1. The van der Waals surface area contributed by atoms with E-state index in [1.54, 1.807) is 11.3 Å². The van der Waals surface area contributed by atoms with E-state index in [1.807, 2.05) is 22.6 Å². The fraction of sp³-hybridized carbons (Fsp3) is 0.538. The third kappa shape index (κ3) is 3.17. The predicted octanol–water partition coefficient (Wildman–Crippen LogP) is 2.84. The lowest BCUT2D eigenvalue weighted by Gasteiger charge is -2.14. The molecule has 0 aliphatic carbocycles. The Kier molecular flexibility index (Phi) is 4.90. The number of aromatic nitrogens is 3. The van der Waals surface area contributed by atoms with Gasteiger partial charge in [-0.25, -0.2) is 0 Å². The Balaban J connectivity index is 2.16. The van der Waals surface area contributed by atoms with Crippen LogP contribution in [0.1, 0.15) is 43.2 Å². The summed E-state index contributed by atoms with van der Waals surface area (Å²) in [5.41, 5.74) is 3.10. The average molecular weight is 264 g/mol. The van der Waals surface area contributed by atoms with Crippen molar-refractivity contribution in [2.24, 2.45) is 0 Å². The van der Waals surface area contributed by atoms with Crippen LogP contribution >= 0.6 is 11.3 Å². The Morgan fingerprint density at radius 3 is 2.89 bits per heavy atom. The van der Waals surface area contributed by atoms with E-state index >= 15 is 0 Å². The highest BCUT2D eigenvalue weighted by Gasteiger charge is 2.16. The minimum Gasteiger partial charge on any atom is -0.305 e. The van der Waals surface area contributed by atoms with Crippen molar-refractivity contribution in [2.75, 3.05) is 6.54 Å². The molecule has 0 fully saturated rings. The van der Waals surface area contributed by atoms with Crippen molar-refractivity contribution >= 4 is 11.3 Å². The van der Waals surface area contributed by atoms with Gasteiger partial charge in [-0.2, -0.15) is 5.10 Å². The smallest absolute Gasteiger partial charge is 0.0794 e. The van der Waals surface area contributed by atoms with Crippen LogP contribution in [-0.2, 0) is 6.54 Å². The third-order valence-electron chi connectivity index (χ3n) is 2.77. The van der Waals surface area contributed by atoms with Crippen molar-refractivity contribution in [1.29, 1.82) is 0 Å². The second-order valence-corrected chi connectivity index (χ2v) is 5.25. The van der Waals surface area contributed by atoms with Gasteiger partial charge in [0.1, 0.15) is 0 Å². The number of hydrogen-bond acceptors (Lipinski definition) is 4. The van der Waals surface area contributed by atoms with E-state index < -0.39 is 0 Å². The minimum absolute atomic E-state index is 0.225. The van der Waals surface area contributed by atoms with Crippen LogP contribution in [0.3, 0.4) is 0 Å². The first-order chi connectivity index (χ1) is 8.85. The summed E-state index contributed by atoms with van der Waals surface area (Å²) in [5, 5.41) is 7.97. The van der Waals surface area contributed by atoms with Gasteiger partial charge in [0, 0.05) is 29.4 Å². The fourth-order valence-electron chi connectivity index (χ4n) is 1.92. The van der Waals surface area contributed by atoms with E-state index in [4.69, 9.17) is 0 Å². The summed E-state index contributed by atoms with van der Waals surface area (Å²) in [7, 11) is 0. The zero-order valence-electron chi connectivity index (χ0n) is 11.0. The zero-order valence-corrected chi connectivity index (χ0v) is 11.8. The molecule has 0 amide bonds. The number of nitrogens with one attached hydrogen (secondary N) is 1. The van der Waals surface area contributed by atoms with Gasteiger partial charge in [-0.1, -0.05) is 13.8 Å². The van der Waals surface area contributed by atoms with Gasteiger partial charge in [0.05, 0.1) is 17.7 Å². The molecular weight excluding hydrogens is 244 g/mol. The zero-order chi connectivity index (χ0) is 12.8. The van der Waals surface area contributed by atoms with Crippen molar-refractivity contribution in [3.8, 4) is 0 Å². The molecule has 0 spiro atoms. The number of aryl methyl sites for hydroxylation is 1. The Morgan fingerprint density at radius 1 is 1.33 bits per heavy atom. The molecule has 0 saturated carbocycles. The predicted molar refractivity (Wildman–Crippen MR) is 74.8 cm³/mol. The van der Waals surface area contributed by atoms with E-state index in [0.29, 0.717) is 0 Å². The molecule has 2 rings (SSSR count). The van der Waals surface area contributed by atoms with Crippen molar-refractivity contribution < 1.29 is 0 Å². The molecule has 0 aromatic carbocycles. The minimum atomic E-state index is 0.225. The van der Waals surface area contributed by atoms with Gasteiger partial charge < -0.3 is 5.32 Å². The first-order valence-electron chi connectivity index (χ1n) is 6.49. The summed E-state index contributed by atoms with van der Waals surface area (Å²) < 4.78 is 2.01. The molecule has 2 aromatic heterocycles. The maximum Gasteiger partial charge on any atom is 0.0794 e. The summed E-state index contributed by atoms with van der Waals surface area (Å²) in [4.78, 5) is 5.42. The molecule has 2 aromatic rings. The largest absolute Gasteiger partial charge is 0.305 e. The lowest BCUT2D eigenvalue weighted by molar-refractivity contribution is 0.591. The molecule has 5 heteroatoms. The molecule has 0 aliphatic rings. The van der Waals surface area contributed by atoms with Crippen LogP contribution in [0, 0.1) is 0 Å². The van der Waals surface area contributed by atoms with E-state index in [-0.39, 0.29) is 6.04 Å². The average Bonchev–Trinajstić information content (AvgIpc) is 3.02. The van der Waals surface area contributed by atoms with Gasteiger partial charge in [-0.05, 0) is 19.4 Å². The second-order valence-electron chi connectivity index (χ2n) is 4.33. The number of rotatable bonds is 7.